The summed E-state index contributed by atoms with van der Waals surface area (Å²) in [4.78, 5) is 18.7. The first kappa shape index (κ1) is 13.6. The molecule has 1 aliphatic heterocycles. The number of ether oxygens (including phenoxy) is 1. The van der Waals surface area contributed by atoms with Gasteiger partial charge in [0.1, 0.15) is 0 Å². The van der Waals surface area contributed by atoms with Gasteiger partial charge in [0.15, 0.2) is 11.6 Å². The van der Waals surface area contributed by atoms with E-state index in [2.05, 4.69) is 25.3 Å². The number of nitrogens with zero attached hydrogens (tertiary/aromatic N) is 5. The molecule has 3 rings (SSSR count). The van der Waals surface area contributed by atoms with E-state index in [1.54, 1.807) is 13.1 Å². The zero-order valence-electron chi connectivity index (χ0n) is 11.6. The van der Waals surface area contributed by atoms with Gasteiger partial charge in [0.25, 0.3) is 0 Å². The molecule has 0 unspecified atom stereocenters. The Morgan fingerprint density at radius 3 is 2.76 bits per heavy atom. The minimum atomic E-state index is -0.460. The largest absolute Gasteiger partial charge is 0.378 e. The van der Waals surface area contributed by atoms with Crippen LogP contribution in [0.5, 0.6) is 0 Å². The van der Waals surface area contributed by atoms with Crippen molar-refractivity contribution in [3.8, 4) is 11.4 Å². The van der Waals surface area contributed by atoms with Crippen molar-refractivity contribution < 1.29 is 9.13 Å². The molecule has 0 bridgehead atoms. The second kappa shape index (κ2) is 5.96. The first-order valence-corrected chi connectivity index (χ1v) is 6.64. The van der Waals surface area contributed by atoms with Crippen LogP contribution in [0.4, 0.5) is 16.3 Å². The monoisotopic (exact) mass is 290 g/mol. The fraction of sp³-hybridized carbons (Fsp3) is 0.385. The third-order valence-electron chi connectivity index (χ3n) is 3.15. The molecule has 1 aliphatic rings. The average Bonchev–Trinajstić information content (AvgIpc) is 2.55. The summed E-state index contributed by atoms with van der Waals surface area (Å²) in [7, 11) is 1.71. The van der Waals surface area contributed by atoms with Crippen LogP contribution in [0.25, 0.3) is 11.4 Å². The van der Waals surface area contributed by atoms with Crippen LogP contribution in [0, 0.1) is 5.82 Å². The third kappa shape index (κ3) is 2.89. The average molecular weight is 290 g/mol. The van der Waals surface area contributed by atoms with E-state index in [1.165, 1.54) is 6.20 Å². The number of pyridine rings is 1. The third-order valence-corrected chi connectivity index (χ3v) is 3.15. The molecule has 3 heterocycles. The fourth-order valence-electron chi connectivity index (χ4n) is 2.06. The lowest BCUT2D eigenvalue weighted by Crippen LogP contribution is -2.37. The van der Waals surface area contributed by atoms with Crippen molar-refractivity contribution in [2.75, 3.05) is 43.6 Å². The molecule has 0 radical (unpaired) electrons. The van der Waals surface area contributed by atoms with Crippen molar-refractivity contribution in [2.24, 2.45) is 0 Å². The highest BCUT2D eigenvalue weighted by Crippen LogP contribution is 2.21. The van der Waals surface area contributed by atoms with Crippen molar-refractivity contribution in [2.45, 2.75) is 0 Å². The molecule has 0 aliphatic carbocycles. The van der Waals surface area contributed by atoms with Gasteiger partial charge in [0.2, 0.25) is 11.9 Å². The Morgan fingerprint density at radius 2 is 2.05 bits per heavy atom. The first-order chi connectivity index (χ1) is 10.3. The molecule has 1 fully saturated rings. The SMILES string of the molecule is CNc1nc(-c2ccncc2F)nc(N2CCOCC2)n1. The Labute approximate surface area is 121 Å². The van der Waals surface area contributed by atoms with E-state index in [1.807, 2.05) is 4.90 Å². The van der Waals surface area contributed by atoms with Crippen LogP contribution >= 0.6 is 0 Å². The van der Waals surface area contributed by atoms with Crippen LogP contribution in [0.15, 0.2) is 18.5 Å². The standard InChI is InChI=1S/C13H15FN6O/c1-15-12-17-11(9-2-3-16-8-10(9)14)18-13(19-12)20-4-6-21-7-5-20/h2-3,8H,4-7H2,1H3,(H,15,17,18,19). The maximum Gasteiger partial charge on any atom is 0.230 e. The summed E-state index contributed by atoms with van der Waals surface area (Å²) in [5.74, 6) is 0.746. The maximum absolute atomic E-state index is 13.9. The Hall–Kier alpha value is -2.35. The van der Waals surface area contributed by atoms with Gasteiger partial charge in [0.05, 0.1) is 25.0 Å². The number of halogens is 1. The van der Waals surface area contributed by atoms with Gasteiger partial charge in [-0.3, -0.25) is 4.98 Å². The first-order valence-electron chi connectivity index (χ1n) is 6.64. The Morgan fingerprint density at radius 1 is 1.24 bits per heavy atom. The molecule has 0 saturated carbocycles. The fourth-order valence-corrected chi connectivity index (χ4v) is 2.06. The van der Waals surface area contributed by atoms with Crippen molar-refractivity contribution in [1.82, 2.24) is 19.9 Å². The summed E-state index contributed by atoms with van der Waals surface area (Å²) in [5.41, 5.74) is 0.304. The van der Waals surface area contributed by atoms with Gasteiger partial charge >= 0.3 is 0 Å². The molecular formula is C13H15FN6O. The van der Waals surface area contributed by atoms with Gasteiger partial charge < -0.3 is 15.0 Å². The maximum atomic E-state index is 13.9. The molecular weight excluding hydrogens is 275 g/mol. The van der Waals surface area contributed by atoms with Gasteiger partial charge in [-0.2, -0.15) is 15.0 Å². The van der Waals surface area contributed by atoms with E-state index in [0.717, 1.165) is 6.20 Å². The number of morpholine rings is 1. The van der Waals surface area contributed by atoms with Gasteiger partial charge in [-0.25, -0.2) is 4.39 Å². The van der Waals surface area contributed by atoms with Crippen LogP contribution in [0.1, 0.15) is 0 Å². The molecule has 0 amide bonds. The molecule has 0 spiro atoms. The molecule has 8 heteroatoms. The zero-order valence-corrected chi connectivity index (χ0v) is 11.6. The van der Waals surface area contributed by atoms with Crippen LogP contribution in [0.2, 0.25) is 0 Å². The van der Waals surface area contributed by atoms with Crippen molar-refractivity contribution in [3.63, 3.8) is 0 Å². The molecule has 2 aromatic heterocycles. The van der Waals surface area contributed by atoms with E-state index < -0.39 is 5.82 Å². The van der Waals surface area contributed by atoms with Crippen LogP contribution in [-0.2, 0) is 4.74 Å². The number of aromatic nitrogens is 4. The summed E-state index contributed by atoms with van der Waals surface area (Å²) in [6.45, 7) is 2.65. The quantitative estimate of drug-likeness (QED) is 0.902. The number of hydrogen-bond acceptors (Lipinski definition) is 7. The van der Waals surface area contributed by atoms with Gasteiger partial charge in [-0.05, 0) is 6.07 Å². The summed E-state index contributed by atoms with van der Waals surface area (Å²) in [5, 5.41) is 2.88. The van der Waals surface area contributed by atoms with E-state index in [0.29, 0.717) is 43.8 Å². The highest BCUT2D eigenvalue weighted by Gasteiger charge is 2.18. The molecule has 7 nitrogen and oxygen atoms in total. The highest BCUT2D eigenvalue weighted by molar-refractivity contribution is 5.58. The van der Waals surface area contributed by atoms with E-state index >= 15 is 0 Å². The predicted molar refractivity (Wildman–Crippen MR) is 75.6 cm³/mol. The lowest BCUT2D eigenvalue weighted by molar-refractivity contribution is 0.122. The summed E-state index contributed by atoms with van der Waals surface area (Å²) < 4.78 is 19.2. The van der Waals surface area contributed by atoms with E-state index in [-0.39, 0.29) is 5.82 Å². The van der Waals surface area contributed by atoms with Crippen LogP contribution in [-0.4, -0.2) is 53.3 Å². The summed E-state index contributed by atoms with van der Waals surface area (Å²) in [6.07, 6.45) is 2.65. The Bertz CT molecular complexity index is 632. The number of anilines is 2. The minimum absolute atomic E-state index is 0.288. The van der Waals surface area contributed by atoms with Crippen molar-refractivity contribution >= 4 is 11.9 Å². The highest BCUT2D eigenvalue weighted by atomic mass is 19.1. The Balaban J connectivity index is 2.02. The minimum Gasteiger partial charge on any atom is -0.378 e. The number of hydrogen-bond donors (Lipinski definition) is 1. The van der Waals surface area contributed by atoms with E-state index in [4.69, 9.17) is 4.74 Å². The molecule has 1 N–H and O–H groups in total. The molecule has 110 valence electrons. The molecule has 21 heavy (non-hydrogen) atoms. The number of rotatable bonds is 3. The number of nitrogens with one attached hydrogen (secondary N) is 1. The molecule has 0 atom stereocenters. The topological polar surface area (TPSA) is 76.1 Å². The van der Waals surface area contributed by atoms with E-state index in [9.17, 15) is 4.39 Å². The second-order valence-electron chi connectivity index (χ2n) is 4.49. The van der Waals surface area contributed by atoms with Crippen molar-refractivity contribution in [3.05, 3.63) is 24.3 Å². The second-order valence-corrected chi connectivity index (χ2v) is 4.49. The van der Waals surface area contributed by atoms with Gasteiger partial charge in [-0.1, -0.05) is 0 Å². The van der Waals surface area contributed by atoms with Crippen LogP contribution in [0.3, 0.4) is 0 Å². The van der Waals surface area contributed by atoms with Gasteiger partial charge in [0, 0.05) is 26.3 Å². The molecule has 2 aromatic rings. The van der Waals surface area contributed by atoms with Crippen molar-refractivity contribution in [1.29, 1.82) is 0 Å². The predicted octanol–water partition coefficient (Wildman–Crippen LogP) is 0.951. The summed E-state index contributed by atoms with van der Waals surface area (Å²) in [6, 6.07) is 1.55. The molecule has 0 aromatic carbocycles. The smallest absolute Gasteiger partial charge is 0.230 e. The summed E-state index contributed by atoms with van der Waals surface area (Å²) >= 11 is 0. The van der Waals surface area contributed by atoms with Crippen LogP contribution < -0.4 is 10.2 Å². The normalized spacial score (nSPS) is 15.0. The lowest BCUT2D eigenvalue weighted by atomic mass is 10.2. The zero-order chi connectivity index (χ0) is 14.7. The molecule has 1 saturated heterocycles. The van der Waals surface area contributed by atoms with Gasteiger partial charge in [-0.15, -0.1) is 0 Å². The lowest BCUT2D eigenvalue weighted by Gasteiger charge is -2.27. The Kier molecular flexibility index (Phi) is 3.87.